The molecule has 1 aromatic carbocycles. The summed E-state index contributed by atoms with van der Waals surface area (Å²) >= 11 is 1.16. The normalized spacial score (nSPS) is 17.7. The number of nitrogens with zero attached hydrogens (tertiary/aromatic N) is 2. The fourth-order valence-electron chi connectivity index (χ4n) is 2.76. The largest absolute Gasteiger partial charge is 0.416 e. The molecule has 132 valence electrons. The predicted octanol–water partition coefficient (Wildman–Crippen LogP) is 2.92. The zero-order valence-corrected chi connectivity index (χ0v) is 13.7. The van der Waals surface area contributed by atoms with Crippen LogP contribution in [-0.4, -0.2) is 34.3 Å². The standard InChI is InChI=1S/C16H14F3N3O2S/c17-16(18,19)10-5-3-9(4-6-10)14-21-11(8-25-14)15(24)22-7-1-2-12(22)13(20)23/h3-6,8,12H,1-2,7H2,(H2,20,23)/t12-/m1/s1. The SMILES string of the molecule is NC(=O)[C@H]1CCCN1C(=O)c1csc(-c2ccc(C(F)(F)F)cc2)n1. The number of amides is 2. The summed E-state index contributed by atoms with van der Waals surface area (Å²) in [6.07, 6.45) is -3.19. The molecule has 0 bridgehead atoms. The molecule has 1 fully saturated rings. The van der Waals surface area contributed by atoms with Gasteiger partial charge in [-0.25, -0.2) is 4.98 Å². The van der Waals surface area contributed by atoms with Crippen LogP contribution in [0, 0.1) is 0 Å². The summed E-state index contributed by atoms with van der Waals surface area (Å²) in [5.41, 5.74) is 5.21. The van der Waals surface area contributed by atoms with Crippen molar-refractivity contribution in [1.29, 1.82) is 0 Å². The van der Waals surface area contributed by atoms with Crippen LogP contribution < -0.4 is 5.73 Å². The second-order valence-corrected chi connectivity index (χ2v) is 6.53. The van der Waals surface area contributed by atoms with Gasteiger partial charge in [0.15, 0.2) is 0 Å². The fraction of sp³-hybridized carbons (Fsp3) is 0.312. The molecule has 1 aliphatic rings. The maximum absolute atomic E-state index is 12.6. The quantitative estimate of drug-likeness (QED) is 0.904. The predicted molar refractivity (Wildman–Crippen MR) is 85.8 cm³/mol. The molecule has 1 aliphatic heterocycles. The van der Waals surface area contributed by atoms with E-state index in [-0.39, 0.29) is 5.69 Å². The van der Waals surface area contributed by atoms with Crippen molar-refractivity contribution in [2.75, 3.05) is 6.54 Å². The average Bonchev–Trinajstić information content (AvgIpc) is 3.23. The van der Waals surface area contributed by atoms with Crippen molar-refractivity contribution in [2.45, 2.75) is 25.1 Å². The summed E-state index contributed by atoms with van der Waals surface area (Å²) in [4.78, 5) is 29.5. The molecule has 0 spiro atoms. The van der Waals surface area contributed by atoms with Crippen LogP contribution in [0.2, 0.25) is 0 Å². The van der Waals surface area contributed by atoms with E-state index in [0.717, 1.165) is 23.5 Å². The van der Waals surface area contributed by atoms with Crippen molar-refractivity contribution < 1.29 is 22.8 Å². The number of alkyl halides is 3. The zero-order chi connectivity index (χ0) is 18.2. The molecule has 2 amide bonds. The first-order chi connectivity index (χ1) is 11.8. The molecule has 1 saturated heterocycles. The van der Waals surface area contributed by atoms with E-state index in [9.17, 15) is 22.8 Å². The minimum absolute atomic E-state index is 0.160. The third kappa shape index (κ3) is 3.51. The Kier molecular flexibility index (Phi) is 4.51. The van der Waals surface area contributed by atoms with Crippen molar-refractivity contribution in [3.05, 3.63) is 40.9 Å². The smallest absolute Gasteiger partial charge is 0.368 e. The van der Waals surface area contributed by atoms with Gasteiger partial charge in [0.2, 0.25) is 5.91 Å². The highest BCUT2D eigenvalue weighted by molar-refractivity contribution is 7.13. The Hall–Kier alpha value is -2.42. The van der Waals surface area contributed by atoms with Crippen LogP contribution in [0.4, 0.5) is 13.2 Å². The van der Waals surface area contributed by atoms with Gasteiger partial charge in [-0.2, -0.15) is 13.2 Å². The van der Waals surface area contributed by atoms with Crippen LogP contribution in [0.15, 0.2) is 29.6 Å². The van der Waals surface area contributed by atoms with Crippen LogP contribution in [0.1, 0.15) is 28.9 Å². The number of nitrogens with two attached hydrogens (primary N) is 1. The lowest BCUT2D eigenvalue weighted by atomic mass is 10.1. The Balaban J connectivity index is 1.80. The summed E-state index contributed by atoms with van der Waals surface area (Å²) in [7, 11) is 0. The minimum atomic E-state index is -4.40. The summed E-state index contributed by atoms with van der Waals surface area (Å²) in [6, 6.07) is 3.95. The van der Waals surface area contributed by atoms with Gasteiger partial charge < -0.3 is 10.6 Å². The fourth-order valence-corrected chi connectivity index (χ4v) is 3.56. The number of carbonyl (C=O) groups is 2. The number of halogens is 3. The average molecular weight is 369 g/mol. The molecular weight excluding hydrogens is 355 g/mol. The highest BCUT2D eigenvalue weighted by atomic mass is 32.1. The van der Waals surface area contributed by atoms with Crippen LogP contribution in [0.25, 0.3) is 10.6 Å². The van der Waals surface area contributed by atoms with Gasteiger partial charge in [-0.3, -0.25) is 9.59 Å². The molecule has 1 aromatic heterocycles. The molecule has 3 rings (SSSR count). The number of hydrogen-bond acceptors (Lipinski definition) is 4. The number of primary amides is 1. The maximum Gasteiger partial charge on any atom is 0.416 e. The van der Waals surface area contributed by atoms with E-state index in [2.05, 4.69) is 4.98 Å². The summed E-state index contributed by atoms with van der Waals surface area (Å²) in [5, 5.41) is 1.97. The van der Waals surface area contributed by atoms with Gasteiger partial charge >= 0.3 is 6.18 Å². The minimum Gasteiger partial charge on any atom is -0.368 e. The molecule has 25 heavy (non-hydrogen) atoms. The van der Waals surface area contributed by atoms with Crippen LogP contribution >= 0.6 is 11.3 Å². The number of aromatic nitrogens is 1. The molecule has 0 unspecified atom stereocenters. The first-order valence-corrected chi connectivity index (χ1v) is 8.39. The van der Waals surface area contributed by atoms with Crippen molar-refractivity contribution in [1.82, 2.24) is 9.88 Å². The summed E-state index contributed by atoms with van der Waals surface area (Å²) in [6.45, 7) is 0.430. The van der Waals surface area contributed by atoms with E-state index in [1.807, 2.05) is 0 Å². The molecule has 9 heteroatoms. The molecule has 0 saturated carbocycles. The van der Waals surface area contributed by atoms with E-state index in [1.165, 1.54) is 22.4 Å². The van der Waals surface area contributed by atoms with E-state index >= 15 is 0 Å². The van der Waals surface area contributed by atoms with Crippen molar-refractivity contribution in [3.63, 3.8) is 0 Å². The van der Waals surface area contributed by atoms with Crippen molar-refractivity contribution in [2.24, 2.45) is 5.73 Å². The first-order valence-electron chi connectivity index (χ1n) is 7.51. The molecule has 1 atom stereocenters. The Morgan fingerprint density at radius 2 is 1.92 bits per heavy atom. The zero-order valence-electron chi connectivity index (χ0n) is 12.9. The topological polar surface area (TPSA) is 76.3 Å². The Labute approximate surface area is 145 Å². The van der Waals surface area contributed by atoms with E-state index in [4.69, 9.17) is 5.73 Å². The number of rotatable bonds is 3. The van der Waals surface area contributed by atoms with Gasteiger partial charge in [-0.05, 0) is 25.0 Å². The number of thiazole rings is 1. The monoisotopic (exact) mass is 369 g/mol. The highest BCUT2D eigenvalue weighted by Gasteiger charge is 2.34. The lowest BCUT2D eigenvalue weighted by Gasteiger charge is -2.20. The Morgan fingerprint density at radius 3 is 2.52 bits per heavy atom. The van der Waals surface area contributed by atoms with E-state index in [1.54, 1.807) is 0 Å². The van der Waals surface area contributed by atoms with Crippen LogP contribution in [0.3, 0.4) is 0 Å². The van der Waals surface area contributed by atoms with Gasteiger partial charge in [-0.15, -0.1) is 11.3 Å². The lowest BCUT2D eigenvalue weighted by molar-refractivity contribution is -0.137. The highest BCUT2D eigenvalue weighted by Crippen LogP contribution is 2.32. The maximum atomic E-state index is 12.6. The third-order valence-corrected chi connectivity index (χ3v) is 4.92. The van der Waals surface area contributed by atoms with E-state index < -0.39 is 29.6 Å². The Bertz CT molecular complexity index is 802. The first kappa shape index (κ1) is 17.4. The summed E-state index contributed by atoms with van der Waals surface area (Å²) < 4.78 is 37.8. The van der Waals surface area contributed by atoms with Crippen LogP contribution in [-0.2, 0) is 11.0 Å². The second kappa shape index (κ2) is 6.47. The molecule has 0 aliphatic carbocycles. The van der Waals surface area contributed by atoms with Gasteiger partial charge in [-0.1, -0.05) is 12.1 Å². The number of likely N-dealkylation sites (tertiary alicyclic amines) is 1. The molecule has 0 radical (unpaired) electrons. The summed E-state index contributed by atoms with van der Waals surface area (Å²) in [5.74, 6) is -0.945. The number of carbonyl (C=O) groups excluding carboxylic acids is 2. The second-order valence-electron chi connectivity index (χ2n) is 5.67. The molecular formula is C16H14F3N3O2S. The molecule has 2 heterocycles. The lowest BCUT2D eigenvalue weighted by Crippen LogP contribution is -2.43. The van der Waals surface area contributed by atoms with Gasteiger partial charge in [0, 0.05) is 17.5 Å². The number of benzene rings is 1. The molecule has 5 nitrogen and oxygen atoms in total. The number of hydrogen-bond donors (Lipinski definition) is 1. The Morgan fingerprint density at radius 1 is 1.24 bits per heavy atom. The molecule has 2 aromatic rings. The van der Waals surface area contributed by atoms with Gasteiger partial charge in [0.05, 0.1) is 5.56 Å². The van der Waals surface area contributed by atoms with Gasteiger partial charge in [0.1, 0.15) is 16.7 Å². The third-order valence-electron chi connectivity index (χ3n) is 4.02. The van der Waals surface area contributed by atoms with Crippen molar-refractivity contribution in [3.8, 4) is 10.6 Å². The van der Waals surface area contributed by atoms with Crippen molar-refractivity contribution >= 4 is 23.2 Å². The van der Waals surface area contributed by atoms with Gasteiger partial charge in [0.25, 0.3) is 5.91 Å². The van der Waals surface area contributed by atoms with Crippen LogP contribution in [0.5, 0.6) is 0 Å². The molecule has 2 N–H and O–H groups in total. The van der Waals surface area contributed by atoms with E-state index in [0.29, 0.717) is 30.0 Å².